The van der Waals surface area contributed by atoms with Crippen LogP contribution in [0.1, 0.15) is 23.7 Å². The number of rotatable bonds is 6. The maximum atomic E-state index is 12.0. The average molecular weight is 320 g/mol. The maximum absolute atomic E-state index is 12.0. The molecule has 0 bridgehead atoms. The highest BCUT2D eigenvalue weighted by molar-refractivity contribution is 6.04. The Labute approximate surface area is 132 Å². The SMILES string of the molecule is CCC(=O)c1ccc2c(c1)N(CC(=O)NCC(=O)O)C(=O)CO2. The first-order valence-electron chi connectivity index (χ1n) is 7.01. The van der Waals surface area contributed by atoms with Gasteiger partial charge in [-0.2, -0.15) is 0 Å². The molecule has 2 amide bonds. The van der Waals surface area contributed by atoms with Crippen LogP contribution in [-0.2, 0) is 14.4 Å². The van der Waals surface area contributed by atoms with Gasteiger partial charge in [-0.05, 0) is 18.2 Å². The Balaban J connectivity index is 2.24. The Morgan fingerprint density at radius 2 is 2.09 bits per heavy atom. The fraction of sp³-hybridized carbons (Fsp3) is 0.333. The number of carbonyl (C=O) groups is 4. The first kappa shape index (κ1) is 16.5. The molecular formula is C15H16N2O6. The van der Waals surface area contributed by atoms with Crippen LogP contribution in [0.4, 0.5) is 5.69 Å². The van der Waals surface area contributed by atoms with Gasteiger partial charge in [0.1, 0.15) is 18.8 Å². The van der Waals surface area contributed by atoms with E-state index in [1.165, 1.54) is 11.0 Å². The van der Waals surface area contributed by atoms with E-state index in [-0.39, 0.29) is 18.9 Å². The quantitative estimate of drug-likeness (QED) is 0.724. The fourth-order valence-corrected chi connectivity index (χ4v) is 2.13. The molecule has 0 unspecified atom stereocenters. The Bertz CT molecular complexity index is 670. The van der Waals surface area contributed by atoms with Crippen LogP contribution in [0.25, 0.3) is 0 Å². The summed E-state index contributed by atoms with van der Waals surface area (Å²) in [7, 11) is 0. The van der Waals surface area contributed by atoms with Crippen molar-refractivity contribution in [3.63, 3.8) is 0 Å². The molecule has 2 N–H and O–H groups in total. The van der Waals surface area contributed by atoms with Gasteiger partial charge in [0.15, 0.2) is 12.4 Å². The molecule has 0 atom stereocenters. The largest absolute Gasteiger partial charge is 0.482 e. The molecule has 8 heteroatoms. The van der Waals surface area contributed by atoms with Crippen LogP contribution in [0.3, 0.4) is 0 Å². The smallest absolute Gasteiger partial charge is 0.322 e. The van der Waals surface area contributed by atoms with Crippen molar-refractivity contribution in [2.75, 3.05) is 24.6 Å². The number of ether oxygens (including phenoxy) is 1. The number of hydrogen-bond acceptors (Lipinski definition) is 5. The third-order valence-electron chi connectivity index (χ3n) is 3.28. The average Bonchev–Trinajstić information content (AvgIpc) is 2.54. The van der Waals surface area contributed by atoms with Crippen LogP contribution in [-0.4, -0.2) is 48.4 Å². The third-order valence-corrected chi connectivity index (χ3v) is 3.28. The van der Waals surface area contributed by atoms with Gasteiger partial charge in [-0.1, -0.05) is 6.92 Å². The number of Topliss-reactive ketones (excluding diaryl/α,β-unsaturated/α-hetero) is 1. The number of carboxylic acids is 1. The molecule has 1 aromatic carbocycles. The van der Waals surface area contributed by atoms with Crippen molar-refractivity contribution in [2.24, 2.45) is 0 Å². The van der Waals surface area contributed by atoms with Crippen molar-refractivity contribution >= 4 is 29.3 Å². The van der Waals surface area contributed by atoms with E-state index in [1.807, 2.05) is 0 Å². The van der Waals surface area contributed by atoms with Crippen LogP contribution < -0.4 is 15.0 Å². The Hall–Kier alpha value is -2.90. The van der Waals surface area contributed by atoms with Gasteiger partial charge in [-0.25, -0.2) is 0 Å². The number of benzene rings is 1. The van der Waals surface area contributed by atoms with Gasteiger partial charge < -0.3 is 15.2 Å². The number of fused-ring (bicyclic) bond motifs is 1. The van der Waals surface area contributed by atoms with Crippen molar-refractivity contribution in [1.82, 2.24) is 5.32 Å². The Kier molecular flexibility index (Phi) is 4.95. The molecule has 1 aromatic rings. The highest BCUT2D eigenvalue weighted by Gasteiger charge is 2.28. The van der Waals surface area contributed by atoms with E-state index in [9.17, 15) is 19.2 Å². The minimum Gasteiger partial charge on any atom is -0.482 e. The van der Waals surface area contributed by atoms with Crippen molar-refractivity contribution in [1.29, 1.82) is 0 Å². The molecule has 0 fully saturated rings. The fourth-order valence-electron chi connectivity index (χ4n) is 2.13. The summed E-state index contributed by atoms with van der Waals surface area (Å²) in [6, 6.07) is 4.68. The van der Waals surface area contributed by atoms with E-state index >= 15 is 0 Å². The Morgan fingerprint density at radius 1 is 1.35 bits per heavy atom. The van der Waals surface area contributed by atoms with Gasteiger partial charge in [0.25, 0.3) is 5.91 Å². The summed E-state index contributed by atoms with van der Waals surface area (Å²) in [6.45, 7) is 0.631. The van der Waals surface area contributed by atoms with E-state index < -0.39 is 24.3 Å². The number of amides is 2. The topological polar surface area (TPSA) is 113 Å². The van der Waals surface area contributed by atoms with Crippen LogP contribution in [0, 0.1) is 0 Å². The zero-order valence-corrected chi connectivity index (χ0v) is 12.5. The second-order valence-electron chi connectivity index (χ2n) is 4.90. The van der Waals surface area contributed by atoms with E-state index in [4.69, 9.17) is 9.84 Å². The molecule has 0 aromatic heterocycles. The lowest BCUT2D eigenvalue weighted by molar-refractivity contribution is -0.137. The summed E-state index contributed by atoms with van der Waals surface area (Å²) in [5.41, 5.74) is 0.742. The summed E-state index contributed by atoms with van der Waals surface area (Å²) in [5.74, 6) is -1.93. The predicted octanol–water partition coefficient (Wildman–Crippen LogP) is 0.205. The molecule has 1 aliphatic heterocycles. The van der Waals surface area contributed by atoms with Crippen LogP contribution >= 0.6 is 0 Å². The normalized spacial score (nSPS) is 13.1. The third kappa shape index (κ3) is 3.85. The Morgan fingerprint density at radius 3 is 2.74 bits per heavy atom. The molecule has 23 heavy (non-hydrogen) atoms. The van der Waals surface area contributed by atoms with Crippen molar-refractivity contribution in [3.05, 3.63) is 23.8 Å². The summed E-state index contributed by atoms with van der Waals surface area (Å²) in [6.07, 6.45) is 0.312. The monoisotopic (exact) mass is 320 g/mol. The van der Waals surface area contributed by atoms with Crippen LogP contribution in [0.2, 0.25) is 0 Å². The zero-order valence-electron chi connectivity index (χ0n) is 12.5. The number of hydrogen-bond donors (Lipinski definition) is 2. The van der Waals surface area contributed by atoms with Gasteiger partial charge in [-0.15, -0.1) is 0 Å². The van der Waals surface area contributed by atoms with Crippen molar-refractivity contribution < 1.29 is 29.0 Å². The number of anilines is 1. The van der Waals surface area contributed by atoms with E-state index in [0.717, 1.165) is 0 Å². The van der Waals surface area contributed by atoms with Gasteiger partial charge in [0, 0.05) is 12.0 Å². The highest BCUT2D eigenvalue weighted by Crippen LogP contribution is 2.33. The highest BCUT2D eigenvalue weighted by atomic mass is 16.5. The molecular weight excluding hydrogens is 304 g/mol. The lowest BCUT2D eigenvalue weighted by atomic mass is 10.1. The minimum atomic E-state index is -1.18. The number of aliphatic carboxylic acids is 1. The lowest BCUT2D eigenvalue weighted by Gasteiger charge is -2.29. The summed E-state index contributed by atoms with van der Waals surface area (Å²) < 4.78 is 5.29. The number of nitrogens with one attached hydrogen (secondary N) is 1. The number of carboxylic acid groups (broad SMARTS) is 1. The van der Waals surface area contributed by atoms with E-state index in [1.54, 1.807) is 19.1 Å². The van der Waals surface area contributed by atoms with Crippen molar-refractivity contribution in [3.8, 4) is 5.75 Å². The maximum Gasteiger partial charge on any atom is 0.322 e. The summed E-state index contributed by atoms with van der Waals surface area (Å²) in [5, 5.41) is 10.7. The molecule has 0 radical (unpaired) electrons. The molecule has 122 valence electrons. The molecule has 1 aliphatic rings. The summed E-state index contributed by atoms with van der Waals surface area (Å²) >= 11 is 0. The molecule has 0 aliphatic carbocycles. The number of carbonyl (C=O) groups excluding carboxylic acids is 3. The standard InChI is InChI=1S/C15H16N2O6/c1-2-11(18)9-3-4-12-10(5-9)17(14(20)8-23-12)7-13(19)16-6-15(21)22/h3-5H,2,6-8H2,1H3,(H,16,19)(H,21,22). The second-order valence-corrected chi connectivity index (χ2v) is 4.90. The molecule has 0 saturated carbocycles. The first-order chi connectivity index (χ1) is 10.9. The lowest BCUT2D eigenvalue weighted by Crippen LogP contribution is -2.46. The van der Waals surface area contributed by atoms with Crippen LogP contribution in [0.5, 0.6) is 5.75 Å². The minimum absolute atomic E-state index is 0.0962. The first-order valence-corrected chi connectivity index (χ1v) is 7.01. The van der Waals surface area contributed by atoms with E-state index in [2.05, 4.69) is 5.32 Å². The van der Waals surface area contributed by atoms with Gasteiger partial charge >= 0.3 is 5.97 Å². The van der Waals surface area contributed by atoms with Crippen molar-refractivity contribution in [2.45, 2.75) is 13.3 Å². The van der Waals surface area contributed by atoms with Crippen LogP contribution in [0.15, 0.2) is 18.2 Å². The molecule has 0 saturated heterocycles. The second kappa shape index (κ2) is 6.91. The number of nitrogens with zero attached hydrogens (tertiary/aromatic N) is 1. The molecule has 2 rings (SSSR count). The van der Waals surface area contributed by atoms with Gasteiger partial charge in [0.2, 0.25) is 5.91 Å². The van der Waals surface area contributed by atoms with Gasteiger partial charge in [0.05, 0.1) is 5.69 Å². The molecule has 0 spiro atoms. The zero-order chi connectivity index (χ0) is 17.0. The van der Waals surface area contributed by atoms with Gasteiger partial charge in [-0.3, -0.25) is 24.1 Å². The number of ketones is 1. The molecule has 1 heterocycles. The van der Waals surface area contributed by atoms with E-state index in [0.29, 0.717) is 23.4 Å². The molecule has 8 nitrogen and oxygen atoms in total. The summed E-state index contributed by atoms with van der Waals surface area (Å²) in [4.78, 5) is 47.2. The predicted molar refractivity (Wildman–Crippen MR) is 79.6 cm³/mol.